The van der Waals surface area contributed by atoms with Crippen molar-refractivity contribution in [3.05, 3.63) is 11.8 Å². The van der Waals surface area contributed by atoms with Gasteiger partial charge in [0.15, 0.2) is 12.3 Å². The quantitative estimate of drug-likeness (QED) is 0.849. The fourth-order valence-corrected chi connectivity index (χ4v) is 2.40. The Morgan fingerprint density at radius 3 is 2.73 bits per heavy atom. The monoisotopic (exact) mass is 308 g/mol. The Bertz CT molecular complexity index is 521. The number of amides is 2. The molecule has 2 amide bonds. The summed E-state index contributed by atoms with van der Waals surface area (Å²) in [6.07, 6.45) is 4.16. The summed E-state index contributed by atoms with van der Waals surface area (Å²) < 4.78 is 6.99. The Hall–Kier alpha value is -2.05. The molecule has 0 saturated carbocycles. The molecule has 2 heterocycles. The van der Waals surface area contributed by atoms with E-state index in [4.69, 9.17) is 4.74 Å². The third kappa shape index (κ3) is 4.22. The predicted octanol–water partition coefficient (Wildman–Crippen LogP) is 0.951. The van der Waals surface area contributed by atoms with Crippen LogP contribution in [-0.2, 0) is 11.8 Å². The van der Waals surface area contributed by atoms with E-state index in [1.54, 1.807) is 13.1 Å². The number of ether oxygens (including phenoxy) is 1. The Labute approximate surface area is 130 Å². The van der Waals surface area contributed by atoms with Gasteiger partial charge in [0.1, 0.15) is 0 Å². The first kappa shape index (κ1) is 16.3. The summed E-state index contributed by atoms with van der Waals surface area (Å²) in [5.74, 6) is 0.180. The normalized spacial score (nSPS) is 14.7. The number of nitrogens with zero attached hydrogens (tertiary/aromatic N) is 3. The standard InChI is InChI=1S/C15H24N4O3/c1-3-7-16-15(21)12-10-14(18(2)17-12)22-11-13(20)19-8-5-4-6-9-19/h10H,3-9,11H2,1-2H3,(H,16,21). The summed E-state index contributed by atoms with van der Waals surface area (Å²) in [5, 5.41) is 6.87. The van der Waals surface area contributed by atoms with Crippen LogP contribution in [0.15, 0.2) is 6.07 Å². The second-order valence-electron chi connectivity index (χ2n) is 5.48. The van der Waals surface area contributed by atoms with Crippen LogP contribution in [0.3, 0.4) is 0 Å². The molecule has 1 aromatic rings. The van der Waals surface area contributed by atoms with E-state index in [9.17, 15) is 9.59 Å². The van der Waals surface area contributed by atoms with E-state index in [2.05, 4.69) is 10.4 Å². The highest BCUT2D eigenvalue weighted by atomic mass is 16.5. The largest absolute Gasteiger partial charge is 0.468 e. The first-order valence-electron chi connectivity index (χ1n) is 7.84. The zero-order valence-electron chi connectivity index (χ0n) is 13.3. The molecule has 0 spiro atoms. The van der Waals surface area contributed by atoms with Gasteiger partial charge in [-0.15, -0.1) is 0 Å². The zero-order valence-corrected chi connectivity index (χ0v) is 13.3. The summed E-state index contributed by atoms with van der Waals surface area (Å²) in [6, 6.07) is 1.56. The molecular weight excluding hydrogens is 284 g/mol. The number of rotatable bonds is 6. The van der Waals surface area contributed by atoms with Gasteiger partial charge < -0.3 is 15.0 Å². The minimum absolute atomic E-state index is 0.0158. The van der Waals surface area contributed by atoms with Crippen molar-refractivity contribution in [2.24, 2.45) is 7.05 Å². The van der Waals surface area contributed by atoms with Crippen LogP contribution in [0, 0.1) is 0 Å². The third-order valence-electron chi connectivity index (χ3n) is 3.66. The van der Waals surface area contributed by atoms with E-state index in [1.807, 2.05) is 11.8 Å². The lowest BCUT2D eigenvalue weighted by atomic mass is 10.1. The van der Waals surface area contributed by atoms with Crippen LogP contribution in [-0.4, -0.2) is 52.7 Å². The lowest BCUT2D eigenvalue weighted by Gasteiger charge is -2.26. The number of aromatic nitrogens is 2. The molecule has 0 radical (unpaired) electrons. The van der Waals surface area contributed by atoms with E-state index in [-0.39, 0.29) is 18.4 Å². The van der Waals surface area contributed by atoms with E-state index in [0.717, 1.165) is 32.4 Å². The highest BCUT2D eigenvalue weighted by molar-refractivity contribution is 5.92. The number of likely N-dealkylation sites (tertiary alicyclic amines) is 1. The molecule has 22 heavy (non-hydrogen) atoms. The number of carbonyl (C=O) groups excluding carboxylic acids is 2. The van der Waals surface area contributed by atoms with Crippen LogP contribution in [0.1, 0.15) is 43.1 Å². The molecular formula is C15H24N4O3. The maximum absolute atomic E-state index is 12.1. The van der Waals surface area contributed by atoms with Gasteiger partial charge in [0, 0.05) is 32.7 Å². The van der Waals surface area contributed by atoms with Crippen LogP contribution < -0.4 is 10.1 Å². The minimum atomic E-state index is -0.227. The van der Waals surface area contributed by atoms with Crippen LogP contribution in [0.4, 0.5) is 0 Å². The van der Waals surface area contributed by atoms with Crippen molar-refractivity contribution >= 4 is 11.8 Å². The van der Waals surface area contributed by atoms with Crippen molar-refractivity contribution in [1.82, 2.24) is 20.0 Å². The maximum atomic E-state index is 12.1. The van der Waals surface area contributed by atoms with Crippen molar-refractivity contribution in [3.8, 4) is 5.88 Å². The molecule has 0 bridgehead atoms. The van der Waals surface area contributed by atoms with Crippen molar-refractivity contribution in [3.63, 3.8) is 0 Å². The van der Waals surface area contributed by atoms with Crippen LogP contribution in [0.5, 0.6) is 5.88 Å². The minimum Gasteiger partial charge on any atom is -0.468 e. The average Bonchev–Trinajstić information content (AvgIpc) is 2.92. The molecule has 0 unspecified atom stereocenters. The molecule has 1 aliphatic heterocycles. The van der Waals surface area contributed by atoms with Gasteiger partial charge in [0.25, 0.3) is 11.8 Å². The second-order valence-corrected chi connectivity index (χ2v) is 5.48. The summed E-state index contributed by atoms with van der Waals surface area (Å²) in [6.45, 7) is 4.19. The van der Waals surface area contributed by atoms with E-state index in [0.29, 0.717) is 18.1 Å². The van der Waals surface area contributed by atoms with Crippen molar-refractivity contribution < 1.29 is 14.3 Å². The molecule has 7 heteroatoms. The molecule has 1 saturated heterocycles. The lowest BCUT2D eigenvalue weighted by Crippen LogP contribution is -2.38. The zero-order chi connectivity index (χ0) is 15.9. The van der Waals surface area contributed by atoms with Crippen molar-refractivity contribution in [1.29, 1.82) is 0 Å². The number of nitrogens with one attached hydrogen (secondary N) is 1. The van der Waals surface area contributed by atoms with E-state index in [1.165, 1.54) is 11.1 Å². The number of aryl methyl sites for hydroxylation is 1. The van der Waals surface area contributed by atoms with Crippen LogP contribution in [0.2, 0.25) is 0 Å². The van der Waals surface area contributed by atoms with Crippen LogP contribution in [0.25, 0.3) is 0 Å². The molecule has 0 aromatic carbocycles. The fourth-order valence-electron chi connectivity index (χ4n) is 2.40. The highest BCUT2D eigenvalue weighted by Crippen LogP contribution is 2.13. The van der Waals surface area contributed by atoms with Gasteiger partial charge in [0.05, 0.1) is 0 Å². The molecule has 122 valence electrons. The summed E-state index contributed by atoms with van der Waals surface area (Å²) >= 11 is 0. The first-order chi connectivity index (χ1) is 10.6. The summed E-state index contributed by atoms with van der Waals surface area (Å²) in [7, 11) is 1.69. The van der Waals surface area contributed by atoms with Gasteiger partial charge in [-0.05, 0) is 25.7 Å². The van der Waals surface area contributed by atoms with Gasteiger partial charge in [-0.3, -0.25) is 9.59 Å². The van der Waals surface area contributed by atoms with Gasteiger partial charge in [0.2, 0.25) is 5.88 Å². The number of piperidine rings is 1. The maximum Gasteiger partial charge on any atom is 0.271 e. The third-order valence-corrected chi connectivity index (χ3v) is 3.66. The molecule has 0 aliphatic carbocycles. The average molecular weight is 308 g/mol. The summed E-state index contributed by atoms with van der Waals surface area (Å²) in [5.41, 5.74) is 0.302. The molecule has 1 N–H and O–H groups in total. The predicted molar refractivity (Wildman–Crippen MR) is 81.8 cm³/mol. The Kier molecular flexibility index (Phi) is 5.80. The Morgan fingerprint density at radius 2 is 2.05 bits per heavy atom. The highest BCUT2D eigenvalue weighted by Gasteiger charge is 2.18. The molecule has 7 nitrogen and oxygen atoms in total. The first-order valence-corrected chi connectivity index (χ1v) is 7.84. The van der Waals surface area contributed by atoms with E-state index >= 15 is 0 Å². The van der Waals surface area contributed by atoms with Gasteiger partial charge in [-0.1, -0.05) is 6.92 Å². The Balaban J connectivity index is 1.88. The van der Waals surface area contributed by atoms with Gasteiger partial charge >= 0.3 is 0 Å². The summed E-state index contributed by atoms with van der Waals surface area (Å²) in [4.78, 5) is 25.7. The number of hydrogen-bond donors (Lipinski definition) is 1. The SMILES string of the molecule is CCCNC(=O)c1cc(OCC(=O)N2CCCCC2)n(C)n1. The van der Waals surface area contributed by atoms with Crippen molar-refractivity contribution in [2.45, 2.75) is 32.6 Å². The van der Waals surface area contributed by atoms with E-state index < -0.39 is 0 Å². The second kappa shape index (κ2) is 7.82. The molecule has 2 rings (SSSR count). The molecule has 1 aliphatic rings. The molecule has 1 fully saturated rings. The molecule has 1 aromatic heterocycles. The molecule has 0 atom stereocenters. The fraction of sp³-hybridized carbons (Fsp3) is 0.667. The van der Waals surface area contributed by atoms with Gasteiger partial charge in [-0.25, -0.2) is 4.68 Å². The van der Waals surface area contributed by atoms with Crippen LogP contribution >= 0.6 is 0 Å². The number of carbonyl (C=O) groups is 2. The van der Waals surface area contributed by atoms with Crippen molar-refractivity contribution in [2.75, 3.05) is 26.2 Å². The topological polar surface area (TPSA) is 76.5 Å². The smallest absolute Gasteiger partial charge is 0.271 e. The number of hydrogen-bond acceptors (Lipinski definition) is 4. The Morgan fingerprint density at radius 1 is 1.32 bits per heavy atom. The van der Waals surface area contributed by atoms with Gasteiger partial charge in [-0.2, -0.15) is 5.10 Å². The lowest BCUT2D eigenvalue weighted by molar-refractivity contribution is -0.134.